The van der Waals surface area contributed by atoms with Gasteiger partial charge in [0.2, 0.25) is 0 Å². The average Bonchev–Trinajstić information content (AvgIpc) is 2.97. The maximum Gasteiger partial charge on any atom is 0.315 e. The van der Waals surface area contributed by atoms with E-state index in [1.807, 2.05) is 13.2 Å². The van der Waals surface area contributed by atoms with Crippen LogP contribution < -0.4 is 10.6 Å². The Morgan fingerprint density at radius 3 is 3.00 bits per heavy atom. The van der Waals surface area contributed by atoms with Crippen LogP contribution in [0, 0.1) is 0 Å². The van der Waals surface area contributed by atoms with Gasteiger partial charge in [-0.25, -0.2) is 4.79 Å². The molecule has 88 valence electrons. The molecule has 0 unspecified atom stereocenters. The van der Waals surface area contributed by atoms with Crippen molar-refractivity contribution in [2.24, 2.45) is 7.05 Å². The lowest BCUT2D eigenvalue weighted by Gasteiger charge is -2.05. The molecule has 0 atom stereocenters. The molecule has 2 amide bonds. The van der Waals surface area contributed by atoms with Crippen LogP contribution in [-0.4, -0.2) is 21.9 Å². The van der Waals surface area contributed by atoms with Gasteiger partial charge in [0.25, 0.3) is 0 Å². The SMILES string of the molecule is CCc1nn(C)cc1CNC(=O)NC1CC1. The van der Waals surface area contributed by atoms with Crippen molar-refractivity contribution in [2.75, 3.05) is 0 Å². The van der Waals surface area contributed by atoms with Gasteiger partial charge in [0, 0.05) is 31.4 Å². The van der Waals surface area contributed by atoms with Crippen LogP contribution in [0.3, 0.4) is 0 Å². The first-order valence-corrected chi connectivity index (χ1v) is 5.74. The molecule has 0 bridgehead atoms. The summed E-state index contributed by atoms with van der Waals surface area (Å²) in [6, 6.07) is 0.327. The molecule has 1 aliphatic carbocycles. The van der Waals surface area contributed by atoms with Crippen LogP contribution in [0.25, 0.3) is 0 Å². The molecule has 0 aromatic carbocycles. The van der Waals surface area contributed by atoms with E-state index in [0.717, 1.165) is 30.5 Å². The summed E-state index contributed by atoms with van der Waals surface area (Å²) in [5, 5.41) is 10.1. The van der Waals surface area contributed by atoms with Gasteiger partial charge in [-0.1, -0.05) is 6.92 Å². The Kier molecular flexibility index (Phi) is 3.12. The molecule has 1 aliphatic rings. The first-order chi connectivity index (χ1) is 7.69. The van der Waals surface area contributed by atoms with Crippen molar-refractivity contribution in [3.05, 3.63) is 17.5 Å². The van der Waals surface area contributed by atoms with Gasteiger partial charge in [0.15, 0.2) is 0 Å². The average molecular weight is 222 g/mol. The van der Waals surface area contributed by atoms with E-state index in [4.69, 9.17) is 0 Å². The minimum absolute atomic E-state index is 0.0755. The Hall–Kier alpha value is -1.52. The number of urea groups is 1. The first-order valence-electron chi connectivity index (χ1n) is 5.74. The van der Waals surface area contributed by atoms with Crippen LogP contribution in [0.2, 0.25) is 0 Å². The fourth-order valence-electron chi connectivity index (χ4n) is 1.67. The third kappa shape index (κ3) is 2.74. The molecule has 0 spiro atoms. The number of carbonyl (C=O) groups excluding carboxylic acids is 1. The summed E-state index contributed by atoms with van der Waals surface area (Å²) < 4.78 is 1.79. The van der Waals surface area contributed by atoms with Crippen LogP contribution >= 0.6 is 0 Å². The van der Waals surface area contributed by atoms with Crippen molar-refractivity contribution < 1.29 is 4.79 Å². The van der Waals surface area contributed by atoms with Crippen molar-refractivity contribution in [1.29, 1.82) is 0 Å². The molecule has 2 rings (SSSR count). The number of aromatic nitrogens is 2. The maximum atomic E-state index is 11.4. The van der Waals surface area contributed by atoms with Gasteiger partial charge >= 0.3 is 6.03 Å². The summed E-state index contributed by atoms with van der Waals surface area (Å²) in [4.78, 5) is 11.4. The van der Waals surface area contributed by atoms with E-state index in [9.17, 15) is 4.79 Å². The van der Waals surface area contributed by atoms with Crippen molar-refractivity contribution >= 4 is 6.03 Å². The number of hydrogen-bond donors (Lipinski definition) is 2. The second-order valence-corrected chi connectivity index (χ2v) is 4.23. The Labute approximate surface area is 95.2 Å². The molecule has 0 aliphatic heterocycles. The minimum atomic E-state index is -0.0755. The molecule has 0 radical (unpaired) electrons. The number of aryl methyl sites for hydroxylation is 2. The lowest BCUT2D eigenvalue weighted by molar-refractivity contribution is 0.240. The summed E-state index contributed by atoms with van der Waals surface area (Å²) in [6.07, 6.45) is 5.07. The van der Waals surface area contributed by atoms with Crippen LogP contribution in [0.15, 0.2) is 6.20 Å². The first kappa shape index (κ1) is 11.0. The second-order valence-electron chi connectivity index (χ2n) is 4.23. The maximum absolute atomic E-state index is 11.4. The zero-order valence-electron chi connectivity index (χ0n) is 9.79. The number of nitrogens with one attached hydrogen (secondary N) is 2. The van der Waals surface area contributed by atoms with Gasteiger partial charge in [-0.15, -0.1) is 0 Å². The largest absolute Gasteiger partial charge is 0.335 e. The summed E-state index contributed by atoms with van der Waals surface area (Å²) in [5.74, 6) is 0. The molecule has 2 N–H and O–H groups in total. The van der Waals surface area contributed by atoms with Crippen molar-refractivity contribution in [2.45, 2.75) is 38.8 Å². The third-order valence-electron chi connectivity index (χ3n) is 2.68. The topological polar surface area (TPSA) is 59.0 Å². The summed E-state index contributed by atoms with van der Waals surface area (Å²) >= 11 is 0. The van der Waals surface area contributed by atoms with Gasteiger partial charge < -0.3 is 10.6 Å². The van der Waals surface area contributed by atoms with E-state index < -0.39 is 0 Å². The Balaban J connectivity index is 1.85. The van der Waals surface area contributed by atoms with Crippen molar-refractivity contribution in [3.8, 4) is 0 Å². The lowest BCUT2D eigenvalue weighted by Crippen LogP contribution is -2.36. The fraction of sp³-hybridized carbons (Fsp3) is 0.636. The molecule has 1 heterocycles. The Morgan fingerprint density at radius 1 is 1.62 bits per heavy atom. The van der Waals surface area contributed by atoms with Crippen molar-refractivity contribution in [3.63, 3.8) is 0 Å². The van der Waals surface area contributed by atoms with Gasteiger partial charge in [0.05, 0.1) is 5.69 Å². The van der Waals surface area contributed by atoms with E-state index in [1.54, 1.807) is 4.68 Å². The quantitative estimate of drug-likeness (QED) is 0.796. The van der Waals surface area contributed by atoms with Gasteiger partial charge in [-0.2, -0.15) is 5.10 Å². The third-order valence-corrected chi connectivity index (χ3v) is 2.68. The van der Waals surface area contributed by atoms with E-state index >= 15 is 0 Å². The molecule has 16 heavy (non-hydrogen) atoms. The highest BCUT2D eigenvalue weighted by atomic mass is 16.2. The molecule has 1 saturated carbocycles. The summed E-state index contributed by atoms with van der Waals surface area (Å²) in [7, 11) is 1.90. The van der Waals surface area contributed by atoms with E-state index in [-0.39, 0.29) is 6.03 Å². The van der Waals surface area contributed by atoms with Crippen LogP contribution in [0.4, 0.5) is 4.79 Å². The number of rotatable bonds is 4. The highest BCUT2D eigenvalue weighted by Crippen LogP contribution is 2.18. The molecule has 1 aromatic heterocycles. The fourth-order valence-corrected chi connectivity index (χ4v) is 1.67. The number of amides is 2. The zero-order valence-corrected chi connectivity index (χ0v) is 9.79. The highest BCUT2D eigenvalue weighted by molar-refractivity contribution is 5.74. The Morgan fingerprint density at radius 2 is 2.38 bits per heavy atom. The smallest absolute Gasteiger partial charge is 0.315 e. The molecular weight excluding hydrogens is 204 g/mol. The molecule has 5 heteroatoms. The summed E-state index contributed by atoms with van der Waals surface area (Å²) in [6.45, 7) is 2.62. The zero-order chi connectivity index (χ0) is 11.5. The predicted octanol–water partition coefficient (Wildman–Crippen LogP) is 0.944. The predicted molar refractivity (Wildman–Crippen MR) is 61.0 cm³/mol. The van der Waals surface area contributed by atoms with Crippen LogP contribution in [-0.2, 0) is 20.0 Å². The minimum Gasteiger partial charge on any atom is -0.335 e. The van der Waals surface area contributed by atoms with E-state index in [2.05, 4.69) is 22.7 Å². The summed E-state index contributed by atoms with van der Waals surface area (Å²) in [5.41, 5.74) is 2.14. The van der Waals surface area contributed by atoms with Gasteiger partial charge in [0.1, 0.15) is 0 Å². The van der Waals surface area contributed by atoms with E-state index in [1.165, 1.54) is 0 Å². The highest BCUT2D eigenvalue weighted by Gasteiger charge is 2.23. The van der Waals surface area contributed by atoms with Crippen LogP contribution in [0.5, 0.6) is 0 Å². The molecule has 0 saturated heterocycles. The molecule has 1 fully saturated rings. The second kappa shape index (κ2) is 4.55. The normalized spacial score (nSPS) is 14.9. The van der Waals surface area contributed by atoms with Gasteiger partial charge in [-0.3, -0.25) is 4.68 Å². The number of nitrogens with zero attached hydrogens (tertiary/aromatic N) is 2. The monoisotopic (exact) mass is 222 g/mol. The van der Waals surface area contributed by atoms with E-state index in [0.29, 0.717) is 12.6 Å². The standard InChI is InChI=1S/C11H18N4O/c1-3-10-8(7-15(2)14-10)6-12-11(16)13-9-4-5-9/h7,9H,3-6H2,1-2H3,(H2,12,13,16). The van der Waals surface area contributed by atoms with Crippen molar-refractivity contribution in [1.82, 2.24) is 20.4 Å². The number of carbonyl (C=O) groups is 1. The molecule has 1 aromatic rings. The Bertz CT molecular complexity index is 381. The molecule has 5 nitrogen and oxygen atoms in total. The van der Waals surface area contributed by atoms with Gasteiger partial charge in [-0.05, 0) is 19.3 Å². The van der Waals surface area contributed by atoms with Crippen LogP contribution in [0.1, 0.15) is 31.0 Å². The molecular formula is C11H18N4O. The lowest BCUT2D eigenvalue weighted by atomic mass is 10.2. The number of hydrogen-bond acceptors (Lipinski definition) is 2.